The van der Waals surface area contributed by atoms with Crippen molar-refractivity contribution >= 4 is 21.9 Å². The molecule has 6 aromatic rings. The lowest BCUT2D eigenvalue weighted by molar-refractivity contribution is 0.0115. The Balaban J connectivity index is 1.24. The number of aromatic amines is 2. The Bertz CT molecular complexity index is 1740. The fourth-order valence-corrected chi connectivity index (χ4v) is 4.96. The first kappa shape index (κ1) is 21.8. The number of aromatic nitrogens is 6. The first-order valence-corrected chi connectivity index (χ1v) is 11.9. The molecule has 0 saturated carbocycles. The minimum atomic E-state index is -2.62. The van der Waals surface area contributed by atoms with Crippen molar-refractivity contribution in [2.24, 2.45) is 0 Å². The fraction of sp³-hybridized carbons (Fsp3) is 0.185. The minimum absolute atomic E-state index is 0.104. The van der Waals surface area contributed by atoms with Crippen LogP contribution in [0.25, 0.3) is 55.8 Å². The number of hydrogen-bond donors (Lipinski definition) is 2. The molecule has 10 heteroatoms. The number of hydrogen-bond acceptors (Lipinski definition) is 6. The number of furan rings is 1. The molecule has 6 heterocycles. The normalized spacial score (nSPS) is 15.7. The van der Waals surface area contributed by atoms with Gasteiger partial charge < -0.3 is 9.40 Å². The van der Waals surface area contributed by atoms with Crippen molar-refractivity contribution in [2.45, 2.75) is 18.9 Å². The first-order chi connectivity index (χ1) is 18.0. The van der Waals surface area contributed by atoms with Gasteiger partial charge in [0, 0.05) is 54.0 Å². The van der Waals surface area contributed by atoms with E-state index in [-0.39, 0.29) is 13.0 Å². The van der Waals surface area contributed by atoms with Gasteiger partial charge in [-0.05, 0) is 29.8 Å². The van der Waals surface area contributed by atoms with Gasteiger partial charge in [0.15, 0.2) is 5.82 Å². The zero-order chi connectivity index (χ0) is 25.0. The van der Waals surface area contributed by atoms with E-state index < -0.39 is 5.92 Å². The van der Waals surface area contributed by atoms with E-state index in [4.69, 9.17) is 9.40 Å². The van der Waals surface area contributed by atoms with Gasteiger partial charge in [-0.25, -0.2) is 13.8 Å². The fourth-order valence-electron chi connectivity index (χ4n) is 4.96. The molecule has 0 aliphatic carbocycles. The average molecular weight is 498 g/mol. The summed E-state index contributed by atoms with van der Waals surface area (Å²) in [5, 5.41) is 8.42. The van der Waals surface area contributed by atoms with Crippen molar-refractivity contribution in [3.05, 3.63) is 73.1 Å². The van der Waals surface area contributed by atoms with Crippen LogP contribution in [0.15, 0.2) is 71.9 Å². The van der Waals surface area contributed by atoms with Crippen molar-refractivity contribution in [3.8, 4) is 33.9 Å². The predicted octanol–water partition coefficient (Wildman–Crippen LogP) is 5.66. The predicted molar refractivity (Wildman–Crippen MR) is 135 cm³/mol. The van der Waals surface area contributed by atoms with Crippen molar-refractivity contribution in [3.63, 3.8) is 0 Å². The van der Waals surface area contributed by atoms with Crippen molar-refractivity contribution < 1.29 is 13.2 Å². The Morgan fingerprint density at radius 1 is 1.05 bits per heavy atom. The molecule has 7 rings (SSSR count). The van der Waals surface area contributed by atoms with E-state index >= 15 is 0 Å². The SMILES string of the molecule is FC1(F)CCN(Cc2cncc(-c3cc4c(-c5nc6c(-c7ccoc7)cccc6[nH]5)n[nH]c4cn3)c2)C1. The number of nitrogens with one attached hydrogen (secondary N) is 2. The van der Waals surface area contributed by atoms with Crippen LogP contribution in [-0.4, -0.2) is 54.0 Å². The van der Waals surface area contributed by atoms with Crippen molar-refractivity contribution in [2.75, 3.05) is 13.1 Å². The lowest BCUT2D eigenvalue weighted by atomic mass is 10.1. The van der Waals surface area contributed by atoms with Crippen LogP contribution in [0.4, 0.5) is 8.78 Å². The first-order valence-electron chi connectivity index (χ1n) is 11.9. The number of para-hydroxylation sites is 1. The zero-order valence-corrected chi connectivity index (χ0v) is 19.6. The molecule has 5 aromatic heterocycles. The number of H-pyrrole nitrogens is 2. The van der Waals surface area contributed by atoms with Crippen LogP contribution >= 0.6 is 0 Å². The van der Waals surface area contributed by atoms with Crippen LogP contribution in [-0.2, 0) is 6.54 Å². The Kier molecular flexibility index (Phi) is 4.90. The van der Waals surface area contributed by atoms with Crippen LogP contribution < -0.4 is 0 Å². The van der Waals surface area contributed by atoms with Gasteiger partial charge in [-0.2, -0.15) is 5.10 Å². The maximum atomic E-state index is 13.6. The van der Waals surface area contributed by atoms with Gasteiger partial charge >= 0.3 is 0 Å². The largest absolute Gasteiger partial charge is 0.472 e. The molecule has 37 heavy (non-hydrogen) atoms. The second-order valence-corrected chi connectivity index (χ2v) is 9.38. The standard InChI is InChI=1S/C27H21F2N7O/c28-27(29)5-6-36(15-27)13-16-8-18(11-30-10-16)22-9-20-23(12-31-22)34-35-25(20)26-32-21-3-1-2-19(24(21)33-26)17-4-7-37-14-17/h1-4,7-12,14H,5-6,13,15H2,(H,32,33)(H,34,35). The third kappa shape index (κ3) is 3.95. The molecule has 184 valence electrons. The average Bonchev–Trinajstić information content (AvgIpc) is 3.69. The summed E-state index contributed by atoms with van der Waals surface area (Å²) in [7, 11) is 0. The number of halogens is 2. The molecule has 0 bridgehead atoms. The Hall–Kier alpha value is -4.44. The Labute approximate surface area is 209 Å². The van der Waals surface area contributed by atoms with Crippen molar-refractivity contribution in [1.82, 2.24) is 35.0 Å². The maximum absolute atomic E-state index is 13.6. The number of likely N-dealkylation sites (tertiary alicyclic amines) is 1. The summed E-state index contributed by atoms with van der Waals surface area (Å²) in [6.45, 7) is 0.576. The Morgan fingerprint density at radius 3 is 2.84 bits per heavy atom. The molecule has 8 nitrogen and oxygen atoms in total. The highest BCUT2D eigenvalue weighted by Gasteiger charge is 2.37. The molecule has 0 spiro atoms. The maximum Gasteiger partial charge on any atom is 0.261 e. The monoisotopic (exact) mass is 497 g/mol. The van der Waals surface area contributed by atoms with Gasteiger partial charge in [0.05, 0.1) is 47.5 Å². The molecule has 0 unspecified atom stereocenters. The molecular weight excluding hydrogens is 476 g/mol. The highest BCUT2D eigenvalue weighted by Crippen LogP contribution is 2.33. The van der Waals surface area contributed by atoms with E-state index in [1.807, 2.05) is 36.4 Å². The summed E-state index contributed by atoms with van der Waals surface area (Å²) in [4.78, 5) is 18.9. The molecule has 1 aliphatic rings. The second kappa shape index (κ2) is 8.31. The second-order valence-electron chi connectivity index (χ2n) is 9.38. The van der Waals surface area contributed by atoms with Crippen LogP contribution in [0.5, 0.6) is 0 Å². The quantitative estimate of drug-likeness (QED) is 0.319. The molecular formula is C27H21F2N7O. The smallest absolute Gasteiger partial charge is 0.261 e. The topological polar surface area (TPSA) is 99.5 Å². The number of benzene rings is 1. The summed E-state index contributed by atoms with van der Waals surface area (Å²) < 4.78 is 32.5. The molecule has 0 radical (unpaired) electrons. The third-order valence-corrected chi connectivity index (χ3v) is 6.76. The highest BCUT2D eigenvalue weighted by atomic mass is 19.3. The van der Waals surface area contributed by atoms with Gasteiger partial charge in [0.25, 0.3) is 5.92 Å². The molecule has 1 aromatic carbocycles. The summed E-state index contributed by atoms with van der Waals surface area (Å²) in [6.07, 6.45) is 8.41. The van der Waals surface area contributed by atoms with Gasteiger partial charge in [0.2, 0.25) is 0 Å². The molecule has 1 fully saturated rings. The van der Waals surface area contributed by atoms with E-state index in [1.54, 1.807) is 36.0 Å². The number of alkyl halides is 2. The van der Waals surface area contributed by atoms with Crippen LogP contribution in [0.2, 0.25) is 0 Å². The number of rotatable bonds is 5. The van der Waals surface area contributed by atoms with E-state index in [2.05, 4.69) is 25.1 Å². The summed E-state index contributed by atoms with van der Waals surface area (Å²) in [5.41, 5.74) is 7.48. The van der Waals surface area contributed by atoms with Crippen LogP contribution in [0.3, 0.4) is 0 Å². The number of imidazole rings is 1. The molecule has 1 aliphatic heterocycles. The highest BCUT2D eigenvalue weighted by molar-refractivity contribution is 5.97. The minimum Gasteiger partial charge on any atom is -0.472 e. The van der Waals surface area contributed by atoms with E-state index in [0.717, 1.165) is 44.2 Å². The summed E-state index contributed by atoms with van der Waals surface area (Å²) >= 11 is 0. The van der Waals surface area contributed by atoms with Crippen molar-refractivity contribution in [1.29, 1.82) is 0 Å². The number of nitrogens with zero attached hydrogens (tertiary/aromatic N) is 5. The van der Waals surface area contributed by atoms with Gasteiger partial charge in [0.1, 0.15) is 5.69 Å². The zero-order valence-electron chi connectivity index (χ0n) is 19.6. The number of pyridine rings is 2. The molecule has 0 atom stereocenters. The lowest BCUT2D eigenvalue weighted by Gasteiger charge is -2.15. The van der Waals surface area contributed by atoms with E-state index in [1.165, 1.54) is 0 Å². The van der Waals surface area contributed by atoms with Gasteiger partial charge in [-0.3, -0.25) is 20.0 Å². The number of fused-ring (bicyclic) bond motifs is 2. The van der Waals surface area contributed by atoms with E-state index in [0.29, 0.717) is 30.3 Å². The van der Waals surface area contributed by atoms with Gasteiger partial charge in [-0.15, -0.1) is 0 Å². The summed E-state index contributed by atoms with van der Waals surface area (Å²) in [6, 6.07) is 11.8. The molecule has 1 saturated heterocycles. The van der Waals surface area contributed by atoms with Crippen LogP contribution in [0.1, 0.15) is 12.0 Å². The lowest BCUT2D eigenvalue weighted by Crippen LogP contribution is -2.24. The third-order valence-electron chi connectivity index (χ3n) is 6.76. The molecule has 0 amide bonds. The molecule has 2 N–H and O–H groups in total. The van der Waals surface area contributed by atoms with E-state index in [9.17, 15) is 8.78 Å². The summed E-state index contributed by atoms with van der Waals surface area (Å²) in [5.74, 6) is -1.98. The van der Waals surface area contributed by atoms with Gasteiger partial charge in [-0.1, -0.05) is 12.1 Å². The Morgan fingerprint density at radius 2 is 2.00 bits per heavy atom. The van der Waals surface area contributed by atoms with Crippen LogP contribution in [0, 0.1) is 0 Å².